The summed E-state index contributed by atoms with van der Waals surface area (Å²) in [5.74, 6) is -0.0668. The Morgan fingerprint density at radius 2 is 1.72 bits per heavy atom. The van der Waals surface area contributed by atoms with E-state index >= 15 is 0 Å². The molecule has 1 unspecified atom stereocenters. The van der Waals surface area contributed by atoms with Gasteiger partial charge in [-0.1, -0.05) is 60.2 Å². The van der Waals surface area contributed by atoms with Crippen molar-refractivity contribution in [1.29, 1.82) is 0 Å². The number of hydrogen-bond donors (Lipinski definition) is 2. The van der Waals surface area contributed by atoms with E-state index in [1.807, 2.05) is 68.4 Å². The summed E-state index contributed by atoms with van der Waals surface area (Å²) in [4.78, 5) is 38.5. The number of ether oxygens (including phenoxy) is 2. The number of benzene rings is 3. The molecule has 0 aliphatic heterocycles. The Bertz CT molecular complexity index is 1290. The van der Waals surface area contributed by atoms with Gasteiger partial charge < -0.3 is 25.4 Å². The molecule has 0 aliphatic rings. The van der Waals surface area contributed by atoms with Crippen LogP contribution in [-0.4, -0.2) is 49.0 Å². The van der Waals surface area contributed by atoms with Gasteiger partial charge in [0.15, 0.2) is 0 Å². The van der Waals surface area contributed by atoms with Crippen LogP contribution in [0.3, 0.4) is 0 Å². The molecule has 3 aromatic rings. The fraction of sp³-hybridized carbons (Fsp3) is 0.323. The Kier molecular flexibility index (Phi) is 10.6. The number of nitrogens with zero attached hydrogens (tertiary/aromatic N) is 1. The predicted octanol–water partition coefficient (Wildman–Crippen LogP) is 4.40. The Morgan fingerprint density at radius 3 is 2.38 bits per heavy atom. The molecule has 0 radical (unpaired) electrons. The lowest BCUT2D eigenvalue weighted by Gasteiger charge is -2.24. The molecule has 2 amide bonds. The van der Waals surface area contributed by atoms with E-state index in [1.165, 1.54) is 6.92 Å². The van der Waals surface area contributed by atoms with Crippen LogP contribution in [0.1, 0.15) is 36.1 Å². The number of urea groups is 1. The number of esters is 1. The second-order valence-electron chi connectivity index (χ2n) is 9.43. The van der Waals surface area contributed by atoms with Crippen LogP contribution in [-0.2, 0) is 33.8 Å². The highest BCUT2D eigenvalue weighted by molar-refractivity contribution is 5.82. The summed E-state index contributed by atoms with van der Waals surface area (Å²) in [6.45, 7) is 6.53. The SMILES string of the molecule is CCN(Cc1cc(C)ccc1-c1cc(CC(=O)OCC(N)C(C)=O)ccc1OC)C(=O)NCc1ccccc1. The largest absolute Gasteiger partial charge is 0.496 e. The molecule has 8 nitrogen and oxygen atoms in total. The zero-order chi connectivity index (χ0) is 28.4. The third kappa shape index (κ3) is 8.41. The lowest BCUT2D eigenvalue weighted by Crippen LogP contribution is -2.39. The van der Waals surface area contributed by atoms with Crippen molar-refractivity contribution in [3.63, 3.8) is 0 Å². The molecular formula is C31H37N3O5. The molecule has 8 heteroatoms. The fourth-order valence-corrected chi connectivity index (χ4v) is 4.13. The van der Waals surface area contributed by atoms with Crippen LogP contribution in [0.5, 0.6) is 5.75 Å². The van der Waals surface area contributed by atoms with E-state index in [2.05, 4.69) is 11.4 Å². The first kappa shape index (κ1) is 29.4. The number of carbonyl (C=O) groups is 3. The first-order chi connectivity index (χ1) is 18.7. The number of Topliss-reactive ketones (excluding diaryl/α,β-unsaturated/α-hetero) is 1. The summed E-state index contributed by atoms with van der Waals surface area (Å²) in [6.07, 6.45) is 0.0196. The van der Waals surface area contributed by atoms with Crippen molar-refractivity contribution in [2.75, 3.05) is 20.3 Å². The predicted molar refractivity (Wildman–Crippen MR) is 151 cm³/mol. The maximum Gasteiger partial charge on any atom is 0.317 e. The molecular weight excluding hydrogens is 494 g/mol. The first-order valence-corrected chi connectivity index (χ1v) is 13.0. The minimum Gasteiger partial charge on any atom is -0.496 e. The van der Waals surface area contributed by atoms with Gasteiger partial charge in [-0.25, -0.2) is 4.79 Å². The zero-order valence-corrected chi connectivity index (χ0v) is 23.0. The van der Waals surface area contributed by atoms with Crippen LogP contribution in [0.2, 0.25) is 0 Å². The lowest BCUT2D eigenvalue weighted by molar-refractivity contribution is -0.143. The van der Waals surface area contributed by atoms with Gasteiger partial charge in [0, 0.05) is 25.2 Å². The highest BCUT2D eigenvalue weighted by Gasteiger charge is 2.18. The molecule has 0 saturated heterocycles. The summed E-state index contributed by atoms with van der Waals surface area (Å²) >= 11 is 0. The van der Waals surface area contributed by atoms with Crippen molar-refractivity contribution in [2.45, 2.75) is 46.3 Å². The van der Waals surface area contributed by atoms with Crippen molar-refractivity contribution < 1.29 is 23.9 Å². The van der Waals surface area contributed by atoms with Gasteiger partial charge in [0.25, 0.3) is 0 Å². The summed E-state index contributed by atoms with van der Waals surface area (Å²) < 4.78 is 10.8. The van der Waals surface area contributed by atoms with Gasteiger partial charge in [-0.3, -0.25) is 9.59 Å². The molecule has 3 rings (SSSR count). The Labute approximate surface area is 230 Å². The van der Waals surface area contributed by atoms with Crippen LogP contribution in [0.4, 0.5) is 4.79 Å². The number of rotatable bonds is 12. The zero-order valence-electron chi connectivity index (χ0n) is 23.0. The Hall–Kier alpha value is -4.17. The second-order valence-corrected chi connectivity index (χ2v) is 9.43. The molecule has 0 aliphatic carbocycles. The monoisotopic (exact) mass is 531 g/mol. The molecule has 0 saturated carbocycles. The minimum atomic E-state index is -0.832. The Balaban J connectivity index is 1.82. The van der Waals surface area contributed by atoms with E-state index in [1.54, 1.807) is 18.1 Å². The van der Waals surface area contributed by atoms with Gasteiger partial charge in [-0.05, 0) is 55.2 Å². The van der Waals surface area contributed by atoms with Gasteiger partial charge in [0.1, 0.15) is 18.1 Å². The number of amides is 2. The number of nitrogens with one attached hydrogen (secondary N) is 1. The fourth-order valence-electron chi connectivity index (χ4n) is 4.13. The summed E-state index contributed by atoms with van der Waals surface area (Å²) in [5.41, 5.74) is 11.2. The van der Waals surface area contributed by atoms with Gasteiger partial charge in [0.2, 0.25) is 0 Å². The molecule has 0 aromatic heterocycles. The third-order valence-electron chi connectivity index (χ3n) is 6.43. The second kappa shape index (κ2) is 14.1. The first-order valence-electron chi connectivity index (χ1n) is 13.0. The van der Waals surface area contributed by atoms with Crippen molar-refractivity contribution >= 4 is 17.8 Å². The molecule has 39 heavy (non-hydrogen) atoms. The average molecular weight is 532 g/mol. The standard InChI is InChI=1S/C31H37N3O5/c1-5-34(31(37)33-18-23-9-7-6-8-10-23)19-25-15-21(2)11-13-26(25)27-16-24(12-14-29(27)38-4)17-30(36)39-20-28(32)22(3)35/h6-16,28H,5,17-20,32H2,1-4H3,(H,33,37). The van der Waals surface area contributed by atoms with Crippen molar-refractivity contribution in [1.82, 2.24) is 10.2 Å². The highest BCUT2D eigenvalue weighted by Crippen LogP contribution is 2.34. The van der Waals surface area contributed by atoms with E-state index in [0.717, 1.165) is 33.4 Å². The van der Waals surface area contributed by atoms with E-state index in [-0.39, 0.29) is 24.8 Å². The molecule has 206 valence electrons. The third-order valence-corrected chi connectivity index (χ3v) is 6.43. The van der Waals surface area contributed by atoms with Crippen molar-refractivity contribution in [3.05, 3.63) is 89.0 Å². The number of aryl methyl sites for hydroxylation is 1. The van der Waals surface area contributed by atoms with Gasteiger partial charge in [-0.2, -0.15) is 0 Å². The maximum atomic E-state index is 13.0. The lowest BCUT2D eigenvalue weighted by atomic mass is 9.94. The number of nitrogens with two attached hydrogens (primary N) is 1. The van der Waals surface area contributed by atoms with Gasteiger partial charge in [0.05, 0.1) is 19.6 Å². The van der Waals surface area contributed by atoms with E-state index in [0.29, 0.717) is 25.4 Å². The van der Waals surface area contributed by atoms with Gasteiger partial charge >= 0.3 is 12.0 Å². The number of carbonyl (C=O) groups excluding carboxylic acids is 3. The molecule has 3 N–H and O–H groups in total. The van der Waals surface area contributed by atoms with Crippen molar-refractivity contribution in [3.8, 4) is 16.9 Å². The van der Waals surface area contributed by atoms with E-state index in [9.17, 15) is 14.4 Å². The number of ketones is 1. The van der Waals surface area contributed by atoms with Gasteiger partial charge in [-0.15, -0.1) is 0 Å². The minimum absolute atomic E-state index is 0.0196. The summed E-state index contributed by atoms with van der Waals surface area (Å²) in [6, 6.07) is 20.4. The topological polar surface area (TPSA) is 111 Å². The molecule has 0 fully saturated rings. The Morgan fingerprint density at radius 1 is 0.974 bits per heavy atom. The van der Waals surface area contributed by atoms with Crippen LogP contribution < -0.4 is 15.8 Å². The van der Waals surface area contributed by atoms with Crippen LogP contribution in [0.25, 0.3) is 11.1 Å². The van der Waals surface area contributed by atoms with Crippen LogP contribution in [0, 0.1) is 6.92 Å². The number of methoxy groups -OCH3 is 1. The maximum absolute atomic E-state index is 13.0. The summed E-state index contributed by atoms with van der Waals surface area (Å²) in [7, 11) is 1.60. The van der Waals surface area contributed by atoms with E-state index < -0.39 is 12.0 Å². The smallest absolute Gasteiger partial charge is 0.317 e. The molecule has 3 aromatic carbocycles. The quantitative estimate of drug-likeness (QED) is 0.335. The normalized spacial score (nSPS) is 11.4. The highest BCUT2D eigenvalue weighted by atomic mass is 16.5. The molecule has 0 spiro atoms. The van der Waals surface area contributed by atoms with Crippen molar-refractivity contribution in [2.24, 2.45) is 5.73 Å². The van der Waals surface area contributed by atoms with Crippen LogP contribution >= 0.6 is 0 Å². The van der Waals surface area contributed by atoms with Crippen LogP contribution in [0.15, 0.2) is 66.7 Å². The van der Waals surface area contributed by atoms with E-state index in [4.69, 9.17) is 15.2 Å². The molecule has 1 atom stereocenters. The average Bonchev–Trinajstić information content (AvgIpc) is 2.93. The molecule has 0 bridgehead atoms. The molecule has 0 heterocycles. The summed E-state index contributed by atoms with van der Waals surface area (Å²) in [5, 5.41) is 3.01. The number of hydrogen-bond acceptors (Lipinski definition) is 6.